The standard InChI is InChI=1S/C23H23N5OS3/c29-21-19(12-6-7-13-24-21)31-22-27-26-20(28(22)14-16-8-2-1-3-9-16)15-30-23-25-17-10-4-5-11-18(17)32-23/h1-5,8-11,19H,6-7,12-15H2,(H,24,29). The number of carbonyl (C=O) groups is 1. The number of hydrogen-bond donors (Lipinski definition) is 1. The summed E-state index contributed by atoms with van der Waals surface area (Å²) in [6.45, 7) is 1.44. The van der Waals surface area contributed by atoms with E-state index in [1.165, 1.54) is 22.0 Å². The molecule has 0 bridgehead atoms. The molecule has 0 radical (unpaired) electrons. The van der Waals surface area contributed by atoms with Crippen molar-refractivity contribution in [1.29, 1.82) is 0 Å². The molecule has 1 N–H and O–H groups in total. The van der Waals surface area contributed by atoms with Crippen LogP contribution in [-0.4, -0.2) is 37.5 Å². The summed E-state index contributed by atoms with van der Waals surface area (Å²) in [5.41, 5.74) is 2.21. The topological polar surface area (TPSA) is 72.7 Å². The zero-order valence-electron chi connectivity index (χ0n) is 17.4. The molecule has 1 aliphatic heterocycles. The molecule has 1 unspecified atom stereocenters. The predicted molar refractivity (Wildman–Crippen MR) is 131 cm³/mol. The van der Waals surface area contributed by atoms with Crippen molar-refractivity contribution in [2.24, 2.45) is 0 Å². The van der Waals surface area contributed by atoms with Crippen LogP contribution in [0.5, 0.6) is 0 Å². The van der Waals surface area contributed by atoms with Crippen molar-refractivity contribution in [2.75, 3.05) is 6.54 Å². The number of rotatable bonds is 7. The number of thiazole rings is 1. The first kappa shape index (κ1) is 21.5. The third kappa shape index (κ3) is 5.00. The van der Waals surface area contributed by atoms with Gasteiger partial charge in [0.25, 0.3) is 0 Å². The van der Waals surface area contributed by atoms with Gasteiger partial charge in [-0.05, 0) is 30.5 Å². The Morgan fingerprint density at radius 2 is 1.91 bits per heavy atom. The molecule has 1 saturated heterocycles. The van der Waals surface area contributed by atoms with Crippen LogP contribution < -0.4 is 5.32 Å². The van der Waals surface area contributed by atoms with Gasteiger partial charge in [-0.1, -0.05) is 72.4 Å². The minimum atomic E-state index is -0.124. The summed E-state index contributed by atoms with van der Waals surface area (Å²) in [6.07, 6.45) is 2.94. The van der Waals surface area contributed by atoms with Crippen molar-refractivity contribution in [3.8, 4) is 0 Å². The predicted octanol–water partition coefficient (Wildman–Crippen LogP) is 4.99. The third-order valence-corrected chi connectivity index (χ3v) is 8.73. The Balaban J connectivity index is 1.38. The maximum absolute atomic E-state index is 12.5. The molecular formula is C23H23N5OS3. The van der Waals surface area contributed by atoms with Crippen LogP contribution in [0.4, 0.5) is 0 Å². The highest BCUT2D eigenvalue weighted by atomic mass is 32.2. The summed E-state index contributed by atoms with van der Waals surface area (Å²) in [7, 11) is 0. The fourth-order valence-electron chi connectivity index (χ4n) is 3.63. The van der Waals surface area contributed by atoms with E-state index in [1.807, 2.05) is 36.4 Å². The fraction of sp³-hybridized carbons (Fsp3) is 0.304. The number of benzene rings is 2. The first-order valence-corrected chi connectivity index (χ1v) is 13.3. The molecule has 1 atom stereocenters. The number of hydrogen-bond acceptors (Lipinski definition) is 7. The molecule has 5 rings (SSSR count). The van der Waals surface area contributed by atoms with Crippen LogP contribution in [-0.2, 0) is 17.1 Å². The van der Waals surface area contributed by atoms with E-state index >= 15 is 0 Å². The van der Waals surface area contributed by atoms with Gasteiger partial charge in [0, 0.05) is 6.54 Å². The van der Waals surface area contributed by atoms with E-state index < -0.39 is 0 Å². The number of carbonyl (C=O) groups excluding carboxylic acids is 1. The van der Waals surface area contributed by atoms with Gasteiger partial charge < -0.3 is 9.88 Å². The Bertz CT molecular complexity index is 1170. The Morgan fingerprint density at radius 1 is 1.06 bits per heavy atom. The molecule has 0 spiro atoms. The highest BCUT2D eigenvalue weighted by Gasteiger charge is 2.25. The van der Waals surface area contributed by atoms with Gasteiger partial charge in [-0.2, -0.15) is 0 Å². The Morgan fingerprint density at radius 3 is 2.78 bits per heavy atom. The van der Waals surface area contributed by atoms with Crippen molar-refractivity contribution in [2.45, 2.75) is 46.3 Å². The van der Waals surface area contributed by atoms with E-state index in [0.29, 0.717) is 12.3 Å². The summed E-state index contributed by atoms with van der Waals surface area (Å²) in [6, 6.07) is 18.5. The molecule has 1 fully saturated rings. The molecule has 0 saturated carbocycles. The molecule has 2 aromatic carbocycles. The van der Waals surface area contributed by atoms with Crippen LogP contribution in [0.1, 0.15) is 30.7 Å². The van der Waals surface area contributed by atoms with Crippen molar-refractivity contribution >= 4 is 51.0 Å². The van der Waals surface area contributed by atoms with Crippen LogP contribution in [0.2, 0.25) is 0 Å². The van der Waals surface area contributed by atoms with Gasteiger partial charge in [0.15, 0.2) is 9.50 Å². The number of thioether (sulfide) groups is 2. The van der Waals surface area contributed by atoms with Gasteiger partial charge in [0.05, 0.1) is 27.8 Å². The van der Waals surface area contributed by atoms with E-state index in [2.05, 4.69) is 38.3 Å². The smallest absolute Gasteiger partial charge is 0.233 e. The lowest BCUT2D eigenvalue weighted by molar-refractivity contribution is -0.120. The Hall–Kier alpha value is -2.36. The van der Waals surface area contributed by atoms with Crippen LogP contribution >= 0.6 is 34.9 Å². The van der Waals surface area contributed by atoms with Crippen molar-refractivity contribution in [3.63, 3.8) is 0 Å². The van der Waals surface area contributed by atoms with Gasteiger partial charge in [-0.15, -0.1) is 21.5 Å². The molecule has 4 aromatic rings. The molecule has 164 valence electrons. The number of aromatic nitrogens is 4. The second kappa shape index (κ2) is 10.1. The monoisotopic (exact) mass is 481 g/mol. The van der Waals surface area contributed by atoms with Crippen LogP contribution in [0.15, 0.2) is 64.1 Å². The van der Waals surface area contributed by atoms with E-state index in [-0.39, 0.29) is 11.2 Å². The second-order valence-electron chi connectivity index (χ2n) is 7.60. The van der Waals surface area contributed by atoms with E-state index in [1.54, 1.807) is 23.1 Å². The van der Waals surface area contributed by atoms with E-state index in [9.17, 15) is 4.79 Å². The van der Waals surface area contributed by atoms with Gasteiger partial charge in [0.1, 0.15) is 5.82 Å². The lowest BCUT2D eigenvalue weighted by Crippen LogP contribution is -2.30. The zero-order valence-corrected chi connectivity index (χ0v) is 19.9. The van der Waals surface area contributed by atoms with E-state index in [4.69, 9.17) is 4.98 Å². The summed E-state index contributed by atoms with van der Waals surface area (Å²) in [4.78, 5) is 17.2. The van der Waals surface area contributed by atoms with Crippen LogP contribution in [0.25, 0.3) is 10.2 Å². The fourth-order valence-corrected chi connectivity index (χ4v) is 6.75. The van der Waals surface area contributed by atoms with Crippen molar-refractivity contribution < 1.29 is 4.79 Å². The summed E-state index contributed by atoms with van der Waals surface area (Å²) in [5, 5.41) is 12.7. The number of fused-ring (bicyclic) bond motifs is 1. The molecule has 6 nitrogen and oxygen atoms in total. The van der Waals surface area contributed by atoms with Crippen LogP contribution in [0, 0.1) is 0 Å². The molecule has 3 heterocycles. The molecule has 32 heavy (non-hydrogen) atoms. The number of amides is 1. The summed E-state index contributed by atoms with van der Waals surface area (Å²) >= 11 is 4.92. The lowest BCUT2D eigenvalue weighted by Gasteiger charge is -2.14. The van der Waals surface area contributed by atoms with E-state index in [0.717, 1.165) is 46.6 Å². The average Bonchev–Trinajstić information content (AvgIpc) is 3.34. The largest absolute Gasteiger partial charge is 0.355 e. The van der Waals surface area contributed by atoms with Gasteiger partial charge in [-0.25, -0.2) is 4.98 Å². The minimum absolute atomic E-state index is 0.104. The first-order chi connectivity index (χ1) is 15.8. The van der Waals surface area contributed by atoms with Crippen molar-refractivity contribution in [3.05, 3.63) is 66.0 Å². The molecule has 9 heteroatoms. The van der Waals surface area contributed by atoms with Crippen LogP contribution in [0.3, 0.4) is 0 Å². The quantitative estimate of drug-likeness (QED) is 0.375. The maximum atomic E-state index is 12.5. The van der Waals surface area contributed by atoms with Gasteiger partial charge in [-0.3, -0.25) is 4.79 Å². The highest BCUT2D eigenvalue weighted by Crippen LogP contribution is 2.33. The SMILES string of the molecule is O=C1NCCCCC1Sc1nnc(CSc2nc3ccccc3s2)n1Cc1ccccc1. The van der Waals surface area contributed by atoms with Gasteiger partial charge in [0.2, 0.25) is 5.91 Å². The molecule has 0 aliphatic carbocycles. The number of para-hydroxylation sites is 1. The Kier molecular flexibility index (Phi) is 6.75. The molecular weight excluding hydrogens is 458 g/mol. The van der Waals surface area contributed by atoms with Gasteiger partial charge >= 0.3 is 0 Å². The van der Waals surface area contributed by atoms with Crippen molar-refractivity contribution in [1.82, 2.24) is 25.1 Å². The normalized spacial score (nSPS) is 16.8. The number of nitrogens with zero attached hydrogens (tertiary/aromatic N) is 4. The highest BCUT2D eigenvalue weighted by molar-refractivity contribution is 8.00. The molecule has 1 amide bonds. The minimum Gasteiger partial charge on any atom is -0.355 e. The maximum Gasteiger partial charge on any atom is 0.233 e. The third-order valence-electron chi connectivity index (χ3n) is 5.31. The average molecular weight is 482 g/mol. The first-order valence-electron chi connectivity index (χ1n) is 10.6. The second-order valence-corrected chi connectivity index (χ2v) is 11.0. The molecule has 1 aliphatic rings. The summed E-state index contributed by atoms with van der Waals surface area (Å²) in [5.74, 6) is 1.68. The number of nitrogens with one attached hydrogen (secondary N) is 1. The molecule has 2 aromatic heterocycles. The Labute approximate surface area is 199 Å². The lowest BCUT2D eigenvalue weighted by atomic mass is 10.2. The zero-order chi connectivity index (χ0) is 21.8. The summed E-state index contributed by atoms with van der Waals surface area (Å²) < 4.78 is 4.37.